The maximum absolute atomic E-state index is 13.1. The molecule has 0 fully saturated rings. The molecule has 2 nitrogen and oxygen atoms in total. The van der Waals surface area contributed by atoms with Crippen molar-refractivity contribution in [2.45, 2.75) is 38.3 Å². The number of hydrogen-bond acceptors (Lipinski definition) is 1. The summed E-state index contributed by atoms with van der Waals surface area (Å²) in [6.45, 7) is 2.14. The van der Waals surface area contributed by atoms with Gasteiger partial charge in [0.05, 0.1) is 0 Å². The number of hydrogen-bond donors (Lipinski definition) is 2. The van der Waals surface area contributed by atoms with E-state index in [0.29, 0.717) is 6.04 Å². The van der Waals surface area contributed by atoms with Gasteiger partial charge in [-0.15, -0.1) is 0 Å². The SMILES string of the molecule is CC(NC1CCCc2c1[nH]c1ccccc21)c1ccc(F)cc1. The number of fused-ring (bicyclic) bond motifs is 3. The van der Waals surface area contributed by atoms with Crippen LogP contribution >= 0.6 is 0 Å². The van der Waals surface area contributed by atoms with Gasteiger partial charge in [-0.3, -0.25) is 0 Å². The van der Waals surface area contributed by atoms with Gasteiger partial charge in [0.15, 0.2) is 0 Å². The van der Waals surface area contributed by atoms with E-state index < -0.39 is 0 Å². The molecular weight excluding hydrogens is 287 g/mol. The van der Waals surface area contributed by atoms with Crippen molar-refractivity contribution in [3.05, 3.63) is 71.2 Å². The predicted molar refractivity (Wildman–Crippen MR) is 91.9 cm³/mol. The van der Waals surface area contributed by atoms with E-state index in [0.717, 1.165) is 18.4 Å². The van der Waals surface area contributed by atoms with Crippen LogP contribution in [0.3, 0.4) is 0 Å². The molecular formula is C20H21FN2. The maximum Gasteiger partial charge on any atom is 0.123 e. The minimum absolute atomic E-state index is 0.184. The molecule has 1 heterocycles. The predicted octanol–water partition coefficient (Wildman–Crippen LogP) is 5.04. The Bertz CT molecular complexity index is 819. The Labute approximate surface area is 135 Å². The van der Waals surface area contributed by atoms with Gasteiger partial charge in [-0.2, -0.15) is 0 Å². The molecule has 2 atom stereocenters. The highest BCUT2D eigenvalue weighted by Gasteiger charge is 2.25. The van der Waals surface area contributed by atoms with E-state index in [4.69, 9.17) is 0 Å². The Kier molecular flexibility index (Phi) is 3.66. The molecule has 0 amide bonds. The summed E-state index contributed by atoms with van der Waals surface area (Å²) in [5.41, 5.74) is 5.12. The van der Waals surface area contributed by atoms with Crippen LogP contribution < -0.4 is 5.32 Å². The molecule has 0 aliphatic heterocycles. The zero-order chi connectivity index (χ0) is 15.8. The summed E-state index contributed by atoms with van der Waals surface area (Å²) >= 11 is 0. The summed E-state index contributed by atoms with van der Waals surface area (Å²) in [4.78, 5) is 3.61. The van der Waals surface area contributed by atoms with E-state index in [9.17, 15) is 4.39 Å². The fourth-order valence-corrected chi connectivity index (χ4v) is 3.73. The average molecular weight is 308 g/mol. The molecule has 1 aliphatic carbocycles. The number of para-hydroxylation sites is 1. The van der Waals surface area contributed by atoms with Crippen LogP contribution in [0.1, 0.15) is 48.7 Å². The number of aryl methyl sites for hydroxylation is 1. The van der Waals surface area contributed by atoms with Crippen LogP contribution in [0.4, 0.5) is 4.39 Å². The second-order valence-corrected chi connectivity index (χ2v) is 6.45. The third-order valence-electron chi connectivity index (χ3n) is 4.94. The lowest BCUT2D eigenvalue weighted by Gasteiger charge is -2.27. The van der Waals surface area contributed by atoms with Gasteiger partial charge in [0.1, 0.15) is 5.82 Å². The Hall–Kier alpha value is -2.13. The highest BCUT2D eigenvalue weighted by atomic mass is 19.1. The van der Waals surface area contributed by atoms with Crippen molar-refractivity contribution in [1.82, 2.24) is 10.3 Å². The van der Waals surface area contributed by atoms with Gasteiger partial charge < -0.3 is 10.3 Å². The highest BCUT2D eigenvalue weighted by molar-refractivity contribution is 5.85. The van der Waals surface area contributed by atoms with Crippen molar-refractivity contribution in [2.75, 3.05) is 0 Å². The molecule has 0 saturated heterocycles. The second kappa shape index (κ2) is 5.82. The lowest BCUT2D eigenvalue weighted by molar-refractivity contribution is 0.410. The average Bonchev–Trinajstić information content (AvgIpc) is 2.95. The van der Waals surface area contributed by atoms with Crippen molar-refractivity contribution < 1.29 is 4.39 Å². The van der Waals surface area contributed by atoms with Gasteiger partial charge in [0.2, 0.25) is 0 Å². The first-order chi connectivity index (χ1) is 11.2. The number of H-pyrrole nitrogens is 1. The topological polar surface area (TPSA) is 27.8 Å². The molecule has 118 valence electrons. The van der Waals surface area contributed by atoms with Gasteiger partial charge in [-0.25, -0.2) is 4.39 Å². The molecule has 0 bridgehead atoms. The number of aromatic amines is 1. The summed E-state index contributed by atoms with van der Waals surface area (Å²) in [6.07, 6.45) is 3.47. The number of benzene rings is 2. The van der Waals surface area contributed by atoms with Crippen molar-refractivity contribution in [1.29, 1.82) is 0 Å². The van der Waals surface area contributed by atoms with Crippen LogP contribution in [-0.4, -0.2) is 4.98 Å². The normalized spacial score (nSPS) is 18.8. The molecule has 23 heavy (non-hydrogen) atoms. The summed E-state index contributed by atoms with van der Waals surface area (Å²) in [5, 5.41) is 5.07. The van der Waals surface area contributed by atoms with E-state index >= 15 is 0 Å². The number of halogens is 1. The van der Waals surface area contributed by atoms with Crippen molar-refractivity contribution in [3.8, 4) is 0 Å². The summed E-state index contributed by atoms with van der Waals surface area (Å²) in [6, 6.07) is 15.8. The van der Waals surface area contributed by atoms with Crippen LogP contribution in [-0.2, 0) is 6.42 Å². The number of aromatic nitrogens is 1. The number of nitrogens with one attached hydrogen (secondary N) is 2. The maximum atomic E-state index is 13.1. The quantitative estimate of drug-likeness (QED) is 0.697. The molecule has 2 N–H and O–H groups in total. The fourth-order valence-electron chi connectivity index (χ4n) is 3.73. The summed E-state index contributed by atoms with van der Waals surface area (Å²) in [5.74, 6) is -0.184. The van der Waals surface area contributed by atoms with E-state index in [-0.39, 0.29) is 11.9 Å². The van der Waals surface area contributed by atoms with Crippen LogP contribution in [0.15, 0.2) is 48.5 Å². The first-order valence-electron chi connectivity index (χ1n) is 8.33. The summed E-state index contributed by atoms with van der Waals surface area (Å²) < 4.78 is 13.1. The molecule has 3 aromatic rings. The molecule has 1 aliphatic rings. The van der Waals surface area contributed by atoms with Gasteiger partial charge in [-0.1, -0.05) is 30.3 Å². The molecule has 1 aromatic heterocycles. The third kappa shape index (κ3) is 2.66. The van der Waals surface area contributed by atoms with Gasteiger partial charge in [0, 0.05) is 28.7 Å². The molecule has 0 radical (unpaired) electrons. The molecule has 2 unspecified atom stereocenters. The van der Waals surface area contributed by atoms with Crippen LogP contribution in [0.5, 0.6) is 0 Å². The molecule has 2 aromatic carbocycles. The van der Waals surface area contributed by atoms with Crippen LogP contribution in [0, 0.1) is 5.82 Å². The largest absolute Gasteiger partial charge is 0.357 e. The smallest absolute Gasteiger partial charge is 0.123 e. The molecule has 0 saturated carbocycles. The van der Waals surface area contributed by atoms with E-state index in [1.54, 1.807) is 0 Å². The zero-order valence-electron chi connectivity index (χ0n) is 13.3. The van der Waals surface area contributed by atoms with Crippen molar-refractivity contribution in [2.24, 2.45) is 0 Å². The molecule has 0 spiro atoms. The van der Waals surface area contributed by atoms with Crippen molar-refractivity contribution in [3.63, 3.8) is 0 Å². The summed E-state index contributed by atoms with van der Waals surface area (Å²) in [7, 11) is 0. The van der Waals surface area contributed by atoms with E-state index in [1.165, 1.54) is 40.7 Å². The highest BCUT2D eigenvalue weighted by Crippen LogP contribution is 2.35. The van der Waals surface area contributed by atoms with Gasteiger partial charge in [0.25, 0.3) is 0 Å². The monoisotopic (exact) mass is 308 g/mol. The van der Waals surface area contributed by atoms with E-state index in [1.807, 2.05) is 12.1 Å². The van der Waals surface area contributed by atoms with Gasteiger partial charge >= 0.3 is 0 Å². The van der Waals surface area contributed by atoms with Gasteiger partial charge in [-0.05, 0) is 55.5 Å². The van der Waals surface area contributed by atoms with Crippen LogP contribution in [0.25, 0.3) is 10.9 Å². The third-order valence-corrected chi connectivity index (χ3v) is 4.94. The first kappa shape index (κ1) is 14.5. The fraction of sp³-hybridized carbons (Fsp3) is 0.300. The first-order valence-corrected chi connectivity index (χ1v) is 8.33. The Balaban J connectivity index is 1.62. The Morgan fingerprint density at radius 1 is 1.13 bits per heavy atom. The minimum atomic E-state index is -0.184. The standard InChI is InChI=1S/C20H21FN2/c1-13(14-9-11-15(21)12-10-14)22-19-8-4-6-17-16-5-2-3-7-18(16)23-20(17)19/h2-3,5,7,9-13,19,22-23H,4,6,8H2,1H3. The molecule has 3 heteroatoms. The lowest BCUT2D eigenvalue weighted by atomic mass is 9.91. The Morgan fingerprint density at radius 3 is 2.74 bits per heavy atom. The lowest BCUT2D eigenvalue weighted by Crippen LogP contribution is -2.27. The molecule has 4 rings (SSSR count). The minimum Gasteiger partial charge on any atom is -0.357 e. The van der Waals surface area contributed by atoms with Crippen molar-refractivity contribution >= 4 is 10.9 Å². The number of rotatable bonds is 3. The second-order valence-electron chi connectivity index (χ2n) is 6.45. The van der Waals surface area contributed by atoms with E-state index in [2.05, 4.69) is 41.5 Å². The van der Waals surface area contributed by atoms with Crippen LogP contribution in [0.2, 0.25) is 0 Å². The zero-order valence-corrected chi connectivity index (χ0v) is 13.3. The Morgan fingerprint density at radius 2 is 1.91 bits per heavy atom.